The normalized spacial score (nSPS) is 12.0. The largest absolute Gasteiger partial charge is 0.497 e. The summed E-state index contributed by atoms with van der Waals surface area (Å²) in [7, 11) is 0.116. The van der Waals surface area contributed by atoms with Crippen LogP contribution in [0.4, 0.5) is 0 Å². The number of nitrogens with zero attached hydrogens (tertiary/aromatic N) is 2. The fourth-order valence-corrected chi connectivity index (χ4v) is 2.51. The minimum absolute atomic E-state index is 0.0988. The molecule has 0 spiro atoms. The van der Waals surface area contributed by atoms with E-state index in [1.165, 1.54) is 10.9 Å². The van der Waals surface area contributed by atoms with Crippen molar-refractivity contribution in [1.29, 1.82) is 0 Å². The molecule has 2 N–H and O–H groups in total. The number of ether oxygens (including phenoxy) is 2. The van der Waals surface area contributed by atoms with Gasteiger partial charge in [-0.15, -0.1) is 0 Å². The van der Waals surface area contributed by atoms with Gasteiger partial charge < -0.3 is 24.3 Å². The first-order valence-corrected chi connectivity index (χ1v) is 9.44. The van der Waals surface area contributed by atoms with Crippen LogP contribution in [0, 0.1) is 0 Å². The summed E-state index contributed by atoms with van der Waals surface area (Å²) in [4.78, 5) is 12.6. The van der Waals surface area contributed by atoms with Gasteiger partial charge in [0, 0.05) is 11.7 Å². The Labute approximate surface area is 171 Å². The van der Waals surface area contributed by atoms with Crippen LogP contribution in [0.1, 0.15) is 50.7 Å². The maximum atomic E-state index is 12.6. The number of esters is 1. The topological polar surface area (TPSA) is 103 Å². The van der Waals surface area contributed by atoms with Gasteiger partial charge in [0.05, 0.1) is 31.5 Å². The van der Waals surface area contributed by atoms with Crippen molar-refractivity contribution in [1.82, 2.24) is 9.78 Å². The Bertz CT molecular complexity index is 826. The number of benzene rings is 1. The lowest BCUT2D eigenvalue weighted by Gasteiger charge is -2.38. The Morgan fingerprint density at radius 3 is 2.34 bits per heavy atom. The highest BCUT2D eigenvalue weighted by Crippen LogP contribution is 2.25. The molecule has 0 aliphatic rings. The number of aliphatic hydroxyl groups is 1. The van der Waals surface area contributed by atoms with Crippen molar-refractivity contribution >= 4 is 18.6 Å². The van der Waals surface area contributed by atoms with Crippen molar-refractivity contribution in [3.8, 4) is 5.75 Å². The van der Waals surface area contributed by atoms with Crippen molar-refractivity contribution in [2.24, 2.45) is 0 Å². The second kappa shape index (κ2) is 8.98. The lowest BCUT2D eigenvalue weighted by atomic mass is 9.76. The van der Waals surface area contributed by atoms with Crippen molar-refractivity contribution in [3.05, 3.63) is 41.7 Å². The van der Waals surface area contributed by atoms with Crippen LogP contribution in [0.3, 0.4) is 0 Å². The van der Waals surface area contributed by atoms with Gasteiger partial charge in [0.15, 0.2) is 0 Å². The van der Waals surface area contributed by atoms with Crippen LogP contribution in [0.25, 0.3) is 0 Å². The maximum Gasteiger partial charge on any atom is 0.495 e. The zero-order valence-electron chi connectivity index (χ0n) is 17.8. The molecule has 0 amide bonds. The molecule has 29 heavy (non-hydrogen) atoms. The maximum absolute atomic E-state index is 12.6. The van der Waals surface area contributed by atoms with Gasteiger partial charge in [0.25, 0.3) is 0 Å². The minimum atomic E-state index is -1.47. The third-order valence-electron chi connectivity index (χ3n) is 4.97. The van der Waals surface area contributed by atoms with E-state index in [4.69, 9.17) is 14.1 Å². The van der Waals surface area contributed by atoms with E-state index in [1.807, 2.05) is 24.3 Å². The average Bonchev–Trinajstić information content (AvgIpc) is 3.05. The third kappa shape index (κ3) is 5.38. The molecule has 0 saturated carbocycles. The molecule has 0 aliphatic carbocycles. The zero-order valence-corrected chi connectivity index (χ0v) is 17.8. The van der Waals surface area contributed by atoms with Crippen LogP contribution in [-0.4, -0.2) is 57.9 Å². The Hall–Kier alpha value is -2.36. The Morgan fingerprint density at radius 1 is 1.21 bits per heavy atom. The highest BCUT2D eigenvalue weighted by atomic mass is 16.6. The number of hydrogen-bond donors (Lipinski definition) is 2. The van der Waals surface area contributed by atoms with Gasteiger partial charge in [-0.1, -0.05) is 12.1 Å². The molecule has 0 atom stereocenters. The van der Waals surface area contributed by atoms with E-state index in [0.29, 0.717) is 6.54 Å². The monoisotopic (exact) mass is 404 g/mol. The van der Waals surface area contributed by atoms with Gasteiger partial charge in [-0.2, -0.15) is 5.10 Å². The lowest BCUT2D eigenvalue weighted by molar-refractivity contribution is -0.0982. The fourth-order valence-electron chi connectivity index (χ4n) is 2.51. The second-order valence-corrected chi connectivity index (χ2v) is 7.71. The molecule has 8 nitrogen and oxygen atoms in total. The first-order chi connectivity index (χ1) is 13.5. The van der Waals surface area contributed by atoms with Crippen LogP contribution >= 0.6 is 0 Å². The summed E-state index contributed by atoms with van der Waals surface area (Å²) >= 11 is 0. The fraction of sp³-hybridized carbons (Fsp3) is 0.500. The molecule has 0 unspecified atom stereocenters. The highest BCUT2D eigenvalue weighted by Gasteiger charge is 2.41. The number of carbonyl (C=O) groups is 1. The third-order valence-corrected chi connectivity index (χ3v) is 4.97. The number of aromatic nitrogens is 2. The van der Waals surface area contributed by atoms with Crippen LogP contribution in [0.2, 0.25) is 0 Å². The standard InChI is InChI=1S/C20H29BN2O6/c1-7-28-18(24)17-16(21(26)29-20(4,5)19(2,3)25)12-22-23(17)13-14-8-10-15(27-6)11-9-14/h8-12,25-26H,7,13H2,1-6H3. The average molecular weight is 404 g/mol. The van der Waals surface area contributed by atoms with E-state index in [2.05, 4.69) is 5.10 Å². The summed E-state index contributed by atoms with van der Waals surface area (Å²) in [6, 6.07) is 7.35. The molecule has 158 valence electrons. The van der Waals surface area contributed by atoms with Crippen LogP contribution in [0.15, 0.2) is 30.5 Å². The Balaban J connectivity index is 2.36. The van der Waals surface area contributed by atoms with E-state index in [9.17, 15) is 14.9 Å². The smallest absolute Gasteiger partial charge is 0.495 e. The van der Waals surface area contributed by atoms with Crippen LogP contribution < -0.4 is 10.2 Å². The van der Waals surface area contributed by atoms with Crippen molar-refractivity contribution < 1.29 is 29.1 Å². The number of rotatable bonds is 9. The first kappa shape index (κ1) is 22.9. The van der Waals surface area contributed by atoms with E-state index in [1.54, 1.807) is 41.7 Å². The highest BCUT2D eigenvalue weighted by molar-refractivity contribution is 6.61. The van der Waals surface area contributed by atoms with Gasteiger partial charge in [-0.3, -0.25) is 4.68 Å². The van der Waals surface area contributed by atoms with Crippen LogP contribution in [-0.2, 0) is 15.9 Å². The second-order valence-electron chi connectivity index (χ2n) is 7.71. The molecule has 1 aromatic carbocycles. The summed E-state index contributed by atoms with van der Waals surface area (Å²) in [6.45, 7) is 8.64. The molecule has 1 aromatic heterocycles. The lowest BCUT2D eigenvalue weighted by Crippen LogP contribution is -2.53. The van der Waals surface area contributed by atoms with Gasteiger partial charge >= 0.3 is 13.1 Å². The molecule has 2 aromatic rings. The number of carbonyl (C=O) groups excluding carboxylic acids is 1. The molecule has 0 bridgehead atoms. The zero-order chi connectivity index (χ0) is 21.8. The number of hydrogen-bond acceptors (Lipinski definition) is 7. The molecular formula is C20H29BN2O6. The van der Waals surface area contributed by atoms with E-state index in [-0.39, 0.29) is 17.8 Å². The summed E-state index contributed by atoms with van der Waals surface area (Å²) in [6.07, 6.45) is 1.38. The summed E-state index contributed by atoms with van der Waals surface area (Å²) < 4.78 is 17.4. The van der Waals surface area contributed by atoms with Crippen molar-refractivity contribution in [3.63, 3.8) is 0 Å². The Kier molecular flexibility index (Phi) is 7.10. The molecule has 0 aliphatic heterocycles. The number of methoxy groups -OCH3 is 1. The van der Waals surface area contributed by atoms with Gasteiger partial charge in [0.1, 0.15) is 11.4 Å². The molecular weight excluding hydrogens is 375 g/mol. The summed E-state index contributed by atoms with van der Waals surface area (Å²) in [5.41, 5.74) is -1.15. The molecule has 9 heteroatoms. The van der Waals surface area contributed by atoms with Gasteiger partial charge in [-0.05, 0) is 52.3 Å². The molecule has 0 saturated heterocycles. The summed E-state index contributed by atoms with van der Waals surface area (Å²) in [5.74, 6) is 0.107. The minimum Gasteiger partial charge on any atom is -0.497 e. The van der Waals surface area contributed by atoms with E-state index in [0.717, 1.165) is 11.3 Å². The predicted octanol–water partition coefficient (Wildman–Crippen LogP) is 1.37. The predicted molar refractivity (Wildman–Crippen MR) is 109 cm³/mol. The van der Waals surface area contributed by atoms with Crippen molar-refractivity contribution in [2.75, 3.05) is 13.7 Å². The van der Waals surface area contributed by atoms with Gasteiger partial charge in [-0.25, -0.2) is 4.79 Å². The van der Waals surface area contributed by atoms with Crippen LogP contribution in [0.5, 0.6) is 5.75 Å². The first-order valence-electron chi connectivity index (χ1n) is 9.44. The molecule has 0 radical (unpaired) electrons. The van der Waals surface area contributed by atoms with Gasteiger partial charge in [0.2, 0.25) is 0 Å². The summed E-state index contributed by atoms with van der Waals surface area (Å²) in [5, 5.41) is 25.2. The molecule has 2 rings (SSSR count). The Morgan fingerprint density at radius 2 is 1.83 bits per heavy atom. The molecule has 0 fully saturated rings. The van der Waals surface area contributed by atoms with E-state index >= 15 is 0 Å². The van der Waals surface area contributed by atoms with Crippen molar-refractivity contribution in [2.45, 2.75) is 52.4 Å². The quantitative estimate of drug-likeness (QED) is 0.481. The SMILES string of the molecule is CCOC(=O)c1c(B(O)OC(C)(C)C(C)(C)O)cnn1Cc1ccc(OC)cc1. The molecule has 1 heterocycles. The van der Waals surface area contributed by atoms with E-state index < -0.39 is 24.3 Å².